The van der Waals surface area contributed by atoms with Gasteiger partial charge < -0.3 is 60.7 Å². The van der Waals surface area contributed by atoms with E-state index in [0.717, 1.165) is 16.2 Å². The molecular weight excluding hydrogens is 1090 g/mol. The van der Waals surface area contributed by atoms with E-state index in [1.165, 1.54) is 87.7 Å². The van der Waals surface area contributed by atoms with E-state index in [0.29, 0.717) is 12.8 Å². The van der Waals surface area contributed by atoms with Gasteiger partial charge in [-0.25, -0.2) is 0 Å². The lowest BCUT2D eigenvalue weighted by Gasteiger charge is -2.41. The molecule has 1 saturated heterocycles. The Hall–Kier alpha value is -5.87. The van der Waals surface area contributed by atoms with Gasteiger partial charge in [0.1, 0.15) is 60.4 Å². The molecule has 1 aliphatic rings. The van der Waals surface area contributed by atoms with Crippen LogP contribution in [-0.4, -0.2) is 227 Å². The van der Waals surface area contributed by atoms with Crippen LogP contribution in [0, 0.1) is 41.4 Å². The van der Waals surface area contributed by atoms with Gasteiger partial charge in [-0.1, -0.05) is 117 Å². The Kier molecular flexibility index (Phi) is 31.8. The highest BCUT2D eigenvalue weighted by Crippen LogP contribution is 2.26. The third-order valence-corrected chi connectivity index (χ3v) is 16.3. The van der Waals surface area contributed by atoms with E-state index in [1.807, 2.05) is 62.3 Å². The second-order valence-corrected chi connectivity index (χ2v) is 26.4. The SMILES string of the molecule is CCCCC(C)C(O)[C@H]1C(=O)N[C@@H](CC)C(=O)N(C)CC(=O)N(C)[C@@H](CC(C)C)C(=O)N[C@@H](C(C)C)C(=O)N(C)[C@@H](CC(C)C)C(=O)N[C@@H](C)C(=O)N[C@H](C)C(=O)N(C)[C@@H](CC(C)C)C(=O)N(C)[C@@H](CC(C)C)C(=O)N(C)[C@@H](C(C)C)C(=O)N1C. The quantitative estimate of drug-likeness (QED) is 0.149. The lowest BCUT2D eigenvalue weighted by atomic mass is 9.90. The van der Waals surface area contributed by atoms with Crippen molar-refractivity contribution in [3.63, 3.8) is 0 Å². The summed E-state index contributed by atoms with van der Waals surface area (Å²) in [7, 11) is 9.97. The highest BCUT2D eigenvalue weighted by molar-refractivity contribution is 5.99. The van der Waals surface area contributed by atoms with Crippen LogP contribution in [0.15, 0.2) is 0 Å². The van der Waals surface area contributed by atoms with Crippen LogP contribution in [0.3, 0.4) is 0 Å². The van der Waals surface area contributed by atoms with Gasteiger partial charge >= 0.3 is 0 Å². The second kappa shape index (κ2) is 35.1. The molecule has 1 fully saturated rings. The number of carbonyl (C=O) groups is 11. The Morgan fingerprint density at radius 1 is 0.435 bits per heavy atom. The molecule has 0 spiro atoms. The summed E-state index contributed by atoms with van der Waals surface area (Å²) in [6, 6.07) is -12.2. The molecule has 1 heterocycles. The van der Waals surface area contributed by atoms with Crippen molar-refractivity contribution in [2.24, 2.45) is 41.4 Å². The summed E-state index contributed by atoms with van der Waals surface area (Å²) >= 11 is 0. The molecule has 0 aromatic carbocycles. The van der Waals surface area contributed by atoms with Gasteiger partial charge in [-0.2, -0.15) is 0 Å². The van der Waals surface area contributed by atoms with Gasteiger partial charge in [0, 0.05) is 49.3 Å². The van der Waals surface area contributed by atoms with E-state index in [1.54, 1.807) is 41.5 Å². The lowest BCUT2D eigenvalue weighted by Crippen LogP contribution is -2.63. The molecule has 1 aliphatic heterocycles. The Labute approximate surface area is 509 Å². The standard InChI is InChI=1S/C62H113N11O12/c1-25-27-28-40(15)52(75)51-56(79)65-43(26-2)58(81)67(18)33-48(74)68(19)44(29-34(3)4)55(78)66-49(38(11)12)61(84)69(20)45(30-35(5)6)54(77)63-41(16)53(76)64-42(17)57(80)70(21)46(31-36(7)8)59(82)71(22)47(32-37(9)10)60(83)72(23)50(39(13)14)62(85)73(51)24/h34-47,49-52,75H,25-33H2,1-24H3,(H,63,77)(H,64,76)(H,65,79)(H,66,78)/t40?,41-,42+,43-,44-,45-,46-,47-,49-,50-,51-,52?/m0/s1. The summed E-state index contributed by atoms with van der Waals surface area (Å²) in [5.41, 5.74) is 0. The minimum Gasteiger partial charge on any atom is -0.390 e. The number of aliphatic hydroxyl groups excluding tert-OH is 1. The van der Waals surface area contributed by atoms with Crippen LogP contribution in [0.5, 0.6) is 0 Å². The zero-order valence-corrected chi connectivity index (χ0v) is 56.3. The van der Waals surface area contributed by atoms with Gasteiger partial charge in [-0.3, -0.25) is 52.7 Å². The average Bonchev–Trinajstić information content (AvgIpc) is 3.62. The van der Waals surface area contributed by atoms with E-state index in [4.69, 9.17) is 0 Å². The van der Waals surface area contributed by atoms with E-state index in [-0.39, 0.29) is 55.8 Å². The largest absolute Gasteiger partial charge is 0.390 e. The highest BCUT2D eigenvalue weighted by atomic mass is 16.3. The number of likely N-dealkylation sites (N-methyl/N-ethyl adjacent to an activating group) is 7. The molecule has 0 saturated carbocycles. The maximum absolute atomic E-state index is 15.1. The van der Waals surface area contributed by atoms with Gasteiger partial charge in [0.15, 0.2) is 0 Å². The zero-order chi connectivity index (χ0) is 66.0. The first-order valence-corrected chi connectivity index (χ1v) is 31.0. The predicted molar refractivity (Wildman–Crippen MR) is 329 cm³/mol. The number of carbonyl (C=O) groups excluding carboxylic acids is 11. The van der Waals surface area contributed by atoms with Crippen LogP contribution < -0.4 is 21.3 Å². The minimum absolute atomic E-state index is 0.0340. The fourth-order valence-corrected chi connectivity index (χ4v) is 10.9. The lowest BCUT2D eigenvalue weighted by molar-refractivity contribution is -0.157. The number of nitrogens with one attached hydrogen (secondary N) is 4. The molecule has 0 aromatic rings. The van der Waals surface area contributed by atoms with Crippen LogP contribution >= 0.6 is 0 Å². The van der Waals surface area contributed by atoms with Crippen LogP contribution in [0.2, 0.25) is 0 Å². The topological polar surface area (TPSA) is 279 Å². The van der Waals surface area contributed by atoms with E-state index in [9.17, 15) is 48.3 Å². The van der Waals surface area contributed by atoms with Crippen LogP contribution in [0.1, 0.15) is 169 Å². The van der Waals surface area contributed by atoms with Gasteiger partial charge in [0.2, 0.25) is 65.0 Å². The first-order valence-electron chi connectivity index (χ1n) is 31.0. The normalized spacial score (nSPS) is 26.8. The molecule has 0 aliphatic carbocycles. The molecule has 1 rings (SSSR count). The van der Waals surface area contributed by atoms with Gasteiger partial charge in [0.25, 0.3) is 0 Å². The summed E-state index contributed by atoms with van der Waals surface area (Å²) in [6.07, 6.45) is 1.20. The van der Waals surface area contributed by atoms with Crippen molar-refractivity contribution in [1.29, 1.82) is 0 Å². The van der Waals surface area contributed by atoms with Gasteiger partial charge in [-0.05, 0) is 93.8 Å². The van der Waals surface area contributed by atoms with Crippen LogP contribution in [0.4, 0.5) is 0 Å². The average molecular weight is 1200 g/mol. The molecule has 0 radical (unpaired) electrons. The molecule has 0 aromatic heterocycles. The van der Waals surface area contributed by atoms with Crippen molar-refractivity contribution in [3.8, 4) is 0 Å². The summed E-state index contributed by atoms with van der Waals surface area (Å²) in [4.78, 5) is 169. The molecule has 11 amide bonds. The summed E-state index contributed by atoms with van der Waals surface area (Å²) in [6.45, 7) is 29.6. The monoisotopic (exact) mass is 1200 g/mol. The number of nitrogens with zero attached hydrogens (tertiary/aromatic N) is 7. The van der Waals surface area contributed by atoms with Crippen molar-refractivity contribution in [1.82, 2.24) is 55.6 Å². The van der Waals surface area contributed by atoms with Crippen molar-refractivity contribution in [2.75, 3.05) is 55.9 Å². The number of unbranched alkanes of at least 4 members (excludes halogenated alkanes) is 1. The summed E-state index contributed by atoms with van der Waals surface area (Å²) in [5.74, 6) is -9.50. The summed E-state index contributed by atoms with van der Waals surface area (Å²) in [5, 5.41) is 23.1. The molecule has 488 valence electrons. The third kappa shape index (κ3) is 21.8. The highest BCUT2D eigenvalue weighted by Gasteiger charge is 2.46. The Morgan fingerprint density at radius 3 is 1.29 bits per heavy atom. The Bertz CT molecular complexity index is 2280. The number of amides is 11. The smallest absolute Gasteiger partial charge is 0.246 e. The van der Waals surface area contributed by atoms with E-state index >= 15 is 9.59 Å². The number of hydrogen-bond acceptors (Lipinski definition) is 12. The fraction of sp³-hybridized carbons (Fsp3) is 0.823. The van der Waals surface area contributed by atoms with Gasteiger partial charge in [-0.15, -0.1) is 0 Å². The molecular formula is C62H113N11O12. The zero-order valence-electron chi connectivity index (χ0n) is 56.3. The number of rotatable bonds is 16. The van der Waals surface area contributed by atoms with Crippen molar-refractivity contribution < 1.29 is 57.8 Å². The Balaban J connectivity index is 4.31. The number of hydrogen-bond donors (Lipinski definition) is 5. The molecule has 5 N–H and O–H groups in total. The number of aliphatic hydroxyl groups is 1. The molecule has 2 unspecified atom stereocenters. The van der Waals surface area contributed by atoms with Crippen LogP contribution in [0.25, 0.3) is 0 Å². The molecule has 12 atom stereocenters. The molecule has 23 heteroatoms. The second-order valence-electron chi connectivity index (χ2n) is 26.4. The maximum Gasteiger partial charge on any atom is 0.246 e. The van der Waals surface area contributed by atoms with Crippen LogP contribution in [-0.2, 0) is 52.7 Å². The van der Waals surface area contributed by atoms with E-state index in [2.05, 4.69) is 21.3 Å². The summed E-state index contributed by atoms with van der Waals surface area (Å²) < 4.78 is 0. The first-order chi connectivity index (χ1) is 39.2. The Morgan fingerprint density at radius 2 is 0.847 bits per heavy atom. The predicted octanol–water partition coefficient (Wildman–Crippen LogP) is 3.49. The maximum atomic E-state index is 15.1. The molecule has 85 heavy (non-hydrogen) atoms. The van der Waals surface area contributed by atoms with E-state index < -0.39 is 156 Å². The van der Waals surface area contributed by atoms with Crippen molar-refractivity contribution in [3.05, 3.63) is 0 Å². The minimum atomic E-state index is -1.58. The first kappa shape index (κ1) is 77.1. The molecule has 23 nitrogen and oxygen atoms in total. The van der Waals surface area contributed by atoms with Crippen molar-refractivity contribution >= 4 is 65.0 Å². The third-order valence-electron chi connectivity index (χ3n) is 16.3. The fourth-order valence-electron chi connectivity index (χ4n) is 10.9. The molecule has 0 bridgehead atoms. The van der Waals surface area contributed by atoms with Crippen molar-refractivity contribution in [2.45, 2.75) is 236 Å². The van der Waals surface area contributed by atoms with Gasteiger partial charge in [0.05, 0.1) is 12.6 Å².